The molecule has 1 aliphatic carbocycles. The Kier molecular flexibility index (Phi) is 6.22. The Morgan fingerprint density at radius 3 is 2.56 bits per heavy atom. The normalized spacial score (nSPS) is 13.4. The second-order valence-corrected chi connectivity index (χ2v) is 8.81. The predicted molar refractivity (Wildman–Crippen MR) is 116 cm³/mol. The topological polar surface area (TPSA) is 90.1 Å². The van der Waals surface area contributed by atoms with Gasteiger partial charge in [-0.2, -0.15) is 5.10 Å². The van der Waals surface area contributed by atoms with Crippen molar-refractivity contribution in [3.05, 3.63) is 75.6 Å². The molecule has 1 fully saturated rings. The number of nitro groups is 1. The lowest BCUT2D eigenvalue weighted by Gasteiger charge is -2.10. The van der Waals surface area contributed by atoms with E-state index in [1.165, 1.54) is 34.6 Å². The molecule has 32 heavy (non-hydrogen) atoms. The number of carbonyl (C=O) groups is 1. The Labute approximate surface area is 187 Å². The zero-order chi connectivity index (χ0) is 22.8. The summed E-state index contributed by atoms with van der Waals surface area (Å²) in [6.07, 6.45) is -0.962. The minimum atomic E-state index is -2.71. The van der Waals surface area contributed by atoms with Gasteiger partial charge >= 0.3 is 0 Å². The fraction of sp³-hybridized carbons (Fsp3) is 0.273. The number of aromatic nitrogens is 2. The van der Waals surface area contributed by atoms with Gasteiger partial charge in [-0.1, -0.05) is 29.5 Å². The van der Waals surface area contributed by atoms with Crippen molar-refractivity contribution >= 4 is 29.0 Å². The van der Waals surface area contributed by atoms with E-state index in [4.69, 9.17) is 0 Å². The molecule has 0 radical (unpaired) electrons. The molecule has 3 aromatic rings. The highest BCUT2D eigenvalue weighted by Gasteiger charge is 2.30. The summed E-state index contributed by atoms with van der Waals surface area (Å²) in [5, 5.41) is 17.9. The van der Waals surface area contributed by atoms with E-state index in [9.17, 15) is 23.7 Å². The van der Waals surface area contributed by atoms with E-state index in [1.54, 1.807) is 6.07 Å². The molecule has 0 bridgehead atoms. The summed E-state index contributed by atoms with van der Waals surface area (Å²) in [5.74, 6) is -0.360. The first-order valence-electron chi connectivity index (χ1n) is 9.98. The Morgan fingerprint density at radius 2 is 1.94 bits per heavy atom. The van der Waals surface area contributed by atoms with Crippen molar-refractivity contribution in [3.8, 4) is 0 Å². The van der Waals surface area contributed by atoms with Crippen LogP contribution in [0.2, 0.25) is 0 Å². The van der Waals surface area contributed by atoms with Crippen LogP contribution >= 0.6 is 11.8 Å². The van der Waals surface area contributed by atoms with Crippen molar-refractivity contribution in [2.24, 2.45) is 0 Å². The molecular formula is C22H20F2N4O3S. The number of aryl methyl sites for hydroxylation is 1. The molecule has 1 N–H and O–H groups in total. The number of benzene rings is 2. The average Bonchev–Trinajstić information content (AvgIpc) is 3.49. The van der Waals surface area contributed by atoms with Crippen molar-refractivity contribution in [2.75, 3.05) is 5.32 Å². The van der Waals surface area contributed by atoms with Crippen LogP contribution in [0.4, 0.5) is 20.2 Å². The maximum atomic E-state index is 13.1. The van der Waals surface area contributed by atoms with Gasteiger partial charge in [-0.15, -0.1) is 0 Å². The molecule has 1 heterocycles. The first-order chi connectivity index (χ1) is 15.3. The van der Waals surface area contributed by atoms with E-state index in [0.717, 1.165) is 23.3 Å². The molecule has 1 saturated carbocycles. The molecule has 2 aromatic carbocycles. The number of hydrogen-bond acceptors (Lipinski definition) is 5. The fourth-order valence-corrected chi connectivity index (χ4v) is 4.20. The second-order valence-electron chi connectivity index (χ2n) is 7.66. The van der Waals surface area contributed by atoms with Gasteiger partial charge < -0.3 is 5.32 Å². The Morgan fingerprint density at radius 1 is 1.22 bits per heavy atom. The highest BCUT2D eigenvalue weighted by Crippen LogP contribution is 2.41. The molecule has 166 valence electrons. The van der Waals surface area contributed by atoms with E-state index in [1.807, 2.05) is 31.2 Å². The van der Waals surface area contributed by atoms with Crippen LogP contribution in [0.15, 0.2) is 58.3 Å². The van der Waals surface area contributed by atoms with Crippen LogP contribution in [0.1, 0.15) is 42.1 Å². The maximum absolute atomic E-state index is 13.1. The van der Waals surface area contributed by atoms with E-state index in [-0.39, 0.29) is 29.5 Å². The van der Waals surface area contributed by atoms with Gasteiger partial charge in [0.15, 0.2) is 0 Å². The van der Waals surface area contributed by atoms with Crippen LogP contribution in [-0.4, -0.2) is 20.6 Å². The van der Waals surface area contributed by atoms with Gasteiger partial charge in [0.05, 0.1) is 4.92 Å². The van der Waals surface area contributed by atoms with E-state index in [2.05, 4.69) is 10.4 Å². The lowest BCUT2D eigenvalue weighted by molar-refractivity contribution is -0.385. The summed E-state index contributed by atoms with van der Waals surface area (Å²) < 4.78 is 27.4. The highest BCUT2D eigenvalue weighted by atomic mass is 32.2. The smallest absolute Gasteiger partial charge is 0.282 e. The molecule has 4 rings (SSSR count). The quantitative estimate of drug-likeness (QED) is 0.345. The molecule has 1 aromatic heterocycles. The van der Waals surface area contributed by atoms with Crippen LogP contribution in [-0.2, 0) is 11.3 Å². The zero-order valence-electron chi connectivity index (χ0n) is 17.1. The van der Waals surface area contributed by atoms with Crippen molar-refractivity contribution in [2.45, 2.75) is 48.4 Å². The Hall–Kier alpha value is -3.27. The van der Waals surface area contributed by atoms with Crippen LogP contribution in [0.5, 0.6) is 0 Å². The number of nitrogens with one attached hydrogen (secondary N) is 1. The molecule has 0 aliphatic heterocycles. The summed E-state index contributed by atoms with van der Waals surface area (Å²) in [6.45, 7) is 1.72. The first kappa shape index (κ1) is 21.9. The third-order valence-corrected chi connectivity index (χ3v) is 5.96. The molecular weight excluding hydrogens is 438 g/mol. The van der Waals surface area contributed by atoms with Gasteiger partial charge in [0.1, 0.15) is 12.2 Å². The summed E-state index contributed by atoms with van der Waals surface area (Å²) in [5.41, 5.74) is 1.46. The molecule has 0 saturated heterocycles. The SMILES string of the molecule is Cc1ccc(Sc2cc(NC(=O)Cn3nc(C(F)F)cc3C3CC3)cc([N+](=O)[O-])c2)cc1. The molecule has 7 nitrogen and oxygen atoms in total. The molecule has 0 spiro atoms. The number of nitro benzene ring substituents is 1. The number of carbonyl (C=O) groups excluding carboxylic acids is 1. The van der Waals surface area contributed by atoms with Gasteiger partial charge in [-0.05, 0) is 44.0 Å². The maximum Gasteiger partial charge on any atom is 0.282 e. The number of hydrogen-bond donors (Lipinski definition) is 1. The number of rotatable bonds is 8. The largest absolute Gasteiger partial charge is 0.324 e. The highest BCUT2D eigenvalue weighted by molar-refractivity contribution is 7.99. The lowest BCUT2D eigenvalue weighted by atomic mass is 10.2. The van der Waals surface area contributed by atoms with Crippen LogP contribution in [0, 0.1) is 17.0 Å². The van der Waals surface area contributed by atoms with Crippen LogP contribution in [0.25, 0.3) is 0 Å². The summed E-state index contributed by atoms with van der Waals surface area (Å²) >= 11 is 1.34. The summed E-state index contributed by atoms with van der Waals surface area (Å²) in [6, 6.07) is 13.4. The molecule has 0 atom stereocenters. The minimum Gasteiger partial charge on any atom is -0.324 e. The van der Waals surface area contributed by atoms with E-state index >= 15 is 0 Å². The third-order valence-electron chi connectivity index (χ3n) is 4.99. The Balaban J connectivity index is 1.53. The van der Waals surface area contributed by atoms with Crippen molar-refractivity contribution < 1.29 is 18.5 Å². The van der Waals surface area contributed by atoms with Crippen molar-refractivity contribution in [1.82, 2.24) is 9.78 Å². The zero-order valence-corrected chi connectivity index (χ0v) is 17.9. The van der Waals surface area contributed by atoms with Gasteiger partial charge in [-0.3, -0.25) is 19.6 Å². The number of non-ortho nitro benzene ring substituents is 1. The second kappa shape index (κ2) is 9.07. The Bertz CT molecular complexity index is 1160. The van der Waals surface area contributed by atoms with E-state index in [0.29, 0.717) is 10.6 Å². The van der Waals surface area contributed by atoms with Gasteiger partial charge in [-0.25, -0.2) is 8.78 Å². The van der Waals surface area contributed by atoms with Crippen molar-refractivity contribution in [3.63, 3.8) is 0 Å². The third kappa shape index (κ3) is 5.31. The fourth-order valence-electron chi connectivity index (χ4n) is 3.29. The molecule has 10 heteroatoms. The molecule has 0 unspecified atom stereocenters. The van der Waals surface area contributed by atoms with Crippen molar-refractivity contribution in [1.29, 1.82) is 0 Å². The standard InChI is InChI=1S/C22H20F2N4O3S/c1-13-2-6-17(7-3-13)32-18-9-15(8-16(10-18)28(30)31)25-21(29)12-27-20(14-4-5-14)11-19(26-27)22(23)24/h2-3,6-11,14,22H,4-5,12H2,1H3,(H,25,29). The number of nitrogens with zero attached hydrogens (tertiary/aromatic N) is 3. The number of alkyl halides is 2. The monoisotopic (exact) mass is 458 g/mol. The van der Waals surface area contributed by atoms with Gasteiger partial charge in [0.25, 0.3) is 12.1 Å². The van der Waals surface area contributed by atoms with Gasteiger partial charge in [0, 0.05) is 39.2 Å². The van der Waals surface area contributed by atoms with Gasteiger partial charge in [0.2, 0.25) is 5.91 Å². The predicted octanol–water partition coefficient (Wildman–Crippen LogP) is 5.70. The number of amides is 1. The number of anilines is 1. The first-order valence-corrected chi connectivity index (χ1v) is 10.8. The molecule has 1 amide bonds. The minimum absolute atomic E-state index is 0.137. The lowest BCUT2D eigenvalue weighted by Crippen LogP contribution is -2.21. The summed E-state index contributed by atoms with van der Waals surface area (Å²) in [7, 11) is 0. The molecule has 1 aliphatic rings. The van der Waals surface area contributed by atoms with Crippen LogP contribution < -0.4 is 5.32 Å². The summed E-state index contributed by atoms with van der Waals surface area (Å²) in [4.78, 5) is 24.9. The van der Waals surface area contributed by atoms with E-state index < -0.39 is 17.3 Å². The van der Waals surface area contributed by atoms with Crippen LogP contribution in [0.3, 0.4) is 0 Å². The number of halogens is 2. The average molecular weight is 458 g/mol.